The van der Waals surface area contributed by atoms with Crippen LogP contribution in [-0.2, 0) is 6.42 Å². The summed E-state index contributed by atoms with van der Waals surface area (Å²) >= 11 is 3.48. The summed E-state index contributed by atoms with van der Waals surface area (Å²) in [6.45, 7) is 4.27. The van der Waals surface area contributed by atoms with E-state index in [1.165, 1.54) is 4.88 Å². The van der Waals surface area contributed by atoms with Gasteiger partial charge < -0.3 is 10.2 Å². The predicted octanol–water partition coefficient (Wildman–Crippen LogP) is 3.79. The SMILES string of the molecule is CCc1cc2c(NC3CCN(c4nccs4)CC3)ncnc2s1. The number of nitrogens with one attached hydrogen (secondary N) is 1. The zero-order chi connectivity index (χ0) is 15.6. The van der Waals surface area contributed by atoms with Crippen LogP contribution in [0.5, 0.6) is 0 Å². The Kier molecular flexibility index (Phi) is 4.13. The van der Waals surface area contributed by atoms with Crippen molar-refractivity contribution in [2.45, 2.75) is 32.2 Å². The molecule has 0 unspecified atom stereocenters. The normalized spacial score (nSPS) is 16.1. The van der Waals surface area contributed by atoms with Gasteiger partial charge in [-0.25, -0.2) is 15.0 Å². The summed E-state index contributed by atoms with van der Waals surface area (Å²) in [6.07, 6.45) is 6.81. The Morgan fingerprint density at radius 2 is 2.13 bits per heavy atom. The van der Waals surface area contributed by atoms with Gasteiger partial charge in [0.2, 0.25) is 0 Å². The van der Waals surface area contributed by atoms with Crippen LogP contribution in [0.1, 0.15) is 24.6 Å². The molecule has 5 nitrogen and oxygen atoms in total. The Balaban J connectivity index is 1.46. The summed E-state index contributed by atoms with van der Waals surface area (Å²) in [5.41, 5.74) is 0. The lowest BCUT2D eigenvalue weighted by Gasteiger charge is -2.32. The average Bonchev–Trinajstić information content (AvgIpc) is 3.25. The first-order valence-electron chi connectivity index (χ1n) is 7.98. The Morgan fingerprint density at radius 1 is 1.26 bits per heavy atom. The van der Waals surface area contributed by atoms with E-state index in [2.05, 4.69) is 38.2 Å². The zero-order valence-electron chi connectivity index (χ0n) is 13.0. The molecule has 0 atom stereocenters. The molecule has 4 rings (SSSR count). The highest BCUT2D eigenvalue weighted by atomic mass is 32.1. The lowest BCUT2D eigenvalue weighted by Crippen LogP contribution is -2.39. The Morgan fingerprint density at radius 3 is 2.87 bits per heavy atom. The average molecular weight is 345 g/mol. The minimum Gasteiger partial charge on any atom is -0.367 e. The molecule has 0 amide bonds. The molecule has 120 valence electrons. The predicted molar refractivity (Wildman–Crippen MR) is 97.8 cm³/mol. The van der Waals surface area contributed by atoms with Crippen molar-refractivity contribution in [1.29, 1.82) is 0 Å². The summed E-state index contributed by atoms with van der Waals surface area (Å²) in [6, 6.07) is 2.70. The maximum Gasteiger partial charge on any atom is 0.185 e. The second-order valence-corrected chi connectivity index (χ2v) is 7.72. The molecule has 1 aliphatic rings. The number of thiazole rings is 1. The standard InChI is InChI=1S/C16H19N5S2/c1-2-12-9-13-14(18-10-19-15(13)23-12)20-11-3-6-21(7-4-11)16-17-5-8-22-16/h5,8-11H,2-4,6-7H2,1H3,(H,18,19,20). The van der Waals surface area contributed by atoms with Gasteiger partial charge in [-0.1, -0.05) is 6.92 Å². The molecular weight excluding hydrogens is 326 g/mol. The quantitative estimate of drug-likeness (QED) is 0.779. The zero-order valence-corrected chi connectivity index (χ0v) is 14.7. The molecule has 0 saturated carbocycles. The number of nitrogens with zero attached hydrogens (tertiary/aromatic N) is 4. The van der Waals surface area contributed by atoms with E-state index in [-0.39, 0.29) is 0 Å². The number of rotatable bonds is 4. The lowest BCUT2D eigenvalue weighted by atomic mass is 10.1. The van der Waals surface area contributed by atoms with Crippen molar-refractivity contribution in [2.75, 3.05) is 23.3 Å². The first-order chi connectivity index (χ1) is 11.3. The Labute approximate surface area is 143 Å². The molecule has 0 aromatic carbocycles. The molecule has 7 heteroatoms. The summed E-state index contributed by atoms with van der Waals surface area (Å²) in [5.74, 6) is 0.985. The molecule has 23 heavy (non-hydrogen) atoms. The van der Waals surface area contributed by atoms with Crippen molar-refractivity contribution in [3.8, 4) is 0 Å². The van der Waals surface area contributed by atoms with Crippen LogP contribution < -0.4 is 10.2 Å². The maximum atomic E-state index is 4.48. The first-order valence-corrected chi connectivity index (χ1v) is 9.67. The topological polar surface area (TPSA) is 53.9 Å². The van der Waals surface area contributed by atoms with Crippen LogP contribution in [0.3, 0.4) is 0 Å². The number of hydrogen-bond donors (Lipinski definition) is 1. The van der Waals surface area contributed by atoms with Crippen LogP contribution in [-0.4, -0.2) is 34.1 Å². The Bertz CT molecular complexity index is 775. The van der Waals surface area contributed by atoms with Crippen molar-refractivity contribution in [1.82, 2.24) is 15.0 Å². The number of thiophene rings is 1. The van der Waals surface area contributed by atoms with E-state index >= 15 is 0 Å². The fraction of sp³-hybridized carbons (Fsp3) is 0.438. The second kappa shape index (κ2) is 6.41. The minimum atomic E-state index is 0.467. The Hall–Kier alpha value is -1.73. The van der Waals surface area contributed by atoms with E-state index in [9.17, 15) is 0 Å². The largest absolute Gasteiger partial charge is 0.367 e. The van der Waals surface area contributed by atoms with Crippen LogP contribution in [0, 0.1) is 0 Å². The van der Waals surface area contributed by atoms with Gasteiger partial charge in [0, 0.05) is 35.6 Å². The maximum absolute atomic E-state index is 4.48. The third-order valence-corrected chi connectivity index (χ3v) is 6.27. The highest BCUT2D eigenvalue weighted by Gasteiger charge is 2.21. The number of fused-ring (bicyclic) bond motifs is 1. The molecule has 0 spiro atoms. The van der Waals surface area contributed by atoms with Crippen molar-refractivity contribution < 1.29 is 0 Å². The van der Waals surface area contributed by atoms with Crippen LogP contribution in [0.15, 0.2) is 24.0 Å². The van der Waals surface area contributed by atoms with Gasteiger partial charge in [0.1, 0.15) is 17.0 Å². The number of piperidine rings is 1. The van der Waals surface area contributed by atoms with Crippen molar-refractivity contribution in [2.24, 2.45) is 0 Å². The van der Waals surface area contributed by atoms with Gasteiger partial charge >= 0.3 is 0 Å². The molecule has 4 heterocycles. The van der Waals surface area contributed by atoms with E-state index < -0.39 is 0 Å². The van der Waals surface area contributed by atoms with Crippen molar-refractivity contribution in [3.63, 3.8) is 0 Å². The van der Waals surface area contributed by atoms with Crippen molar-refractivity contribution >= 4 is 43.8 Å². The lowest BCUT2D eigenvalue weighted by molar-refractivity contribution is 0.525. The van der Waals surface area contributed by atoms with E-state index in [1.807, 2.05) is 11.6 Å². The summed E-state index contributed by atoms with van der Waals surface area (Å²) in [4.78, 5) is 18.1. The van der Waals surface area contributed by atoms with Gasteiger partial charge in [0.25, 0.3) is 0 Å². The molecule has 0 radical (unpaired) electrons. The van der Waals surface area contributed by atoms with E-state index in [1.54, 1.807) is 29.0 Å². The van der Waals surface area contributed by atoms with E-state index in [0.29, 0.717) is 6.04 Å². The molecule has 0 aliphatic carbocycles. The molecule has 3 aromatic rings. The minimum absolute atomic E-state index is 0.467. The molecular formula is C16H19N5S2. The van der Waals surface area contributed by atoms with Crippen LogP contribution in [0.4, 0.5) is 10.9 Å². The third-order valence-electron chi connectivity index (χ3n) is 4.25. The number of anilines is 2. The van der Waals surface area contributed by atoms with Gasteiger partial charge in [-0.2, -0.15) is 0 Å². The highest BCUT2D eigenvalue weighted by molar-refractivity contribution is 7.18. The molecule has 3 aromatic heterocycles. The fourth-order valence-corrected chi connectivity index (χ4v) is 4.61. The van der Waals surface area contributed by atoms with Gasteiger partial charge in [0.05, 0.1) is 5.39 Å². The molecule has 1 saturated heterocycles. The smallest absolute Gasteiger partial charge is 0.185 e. The van der Waals surface area contributed by atoms with Gasteiger partial charge in [-0.15, -0.1) is 22.7 Å². The fourth-order valence-electron chi connectivity index (χ4n) is 2.98. The van der Waals surface area contributed by atoms with Crippen LogP contribution in [0.2, 0.25) is 0 Å². The number of hydrogen-bond acceptors (Lipinski definition) is 7. The van der Waals surface area contributed by atoms with E-state index in [4.69, 9.17) is 0 Å². The molecule has 0 bridgehead atoms. The molecule has 1 N–H and O–H groups in total. The number of aromatic nitrogens is 3. The monoisotopic (exact) mass is 345 g/mol. The van der Waals surface area contributed by atoms with Gasteiger partial charge in [-0.3, -0.25) is 0 Å². The first kappa shape index (κ1) is 14.8. The van der Waals surface area contributed by atoms with E-state index in [0.717, 1.165) is 53.5 Å². The number of aryl methyl sites for hydroxylation is 1. The van der Waals surface area contributed by atoms with Gasteiger partial charge in [0.15, 0.2) is 5.13 Å². The third kappa shape index (κ3) is 3.03. The summed E-state index contributed by atoms with van der Waals surface area (Å²) in [7, 11) is 0. The summed E-state index contributed by atoms with van der Waals surface area (Å²) in [5, 5.41) is 7.98. The molecule has 1 aliphatic heterocycles. The second-order valence-electron chi connectivity index (χ2n) is 5.73. The van der Waals surface area contributed by atoms with Crippen molar-refractivity contribution in [3.05, 3.63) is 28.8 Å². The highest BCUT2D eigenvalue weighted by Crippen LogP contribution is 2.30. The van der Waals surface area contributed by atoms with Crippen LogP contribution in [0.25, 0.3) is 10.2 Å². The van der Waals surface area contributed by atoms with Gasteiger partial charge in [-0.05, 0) is 25.3 Å². The molecule has 1 fully saturated rings. The summed E-state index contributed by atoms with van der Waals surface area (Å²) < 4.78 is 0. The van der Waals surface area contributed by atoms with Crippen LogP contribution >= 0.6 is 22.7 Å².